The normalized spacial score (nSPS) is 10.9. The number of nitrogens with two attached hydrogens (primary N) is 2. The van der Waals surface area contributed by atoms with Crippen LogP contribution in [0.25, 0.3) is 10.9 Å². The second-order valence-electron chi connectivity index (χ2n) is 3.86. The van der Waals surface area contributed by atoms with Gasteiger partial charge >= 0.3 is 0 Å². The third-order valence-corrected chi connectivity index (χ3v) is 2.66. The quantitative estimate of drug-likeness (QED) is 0.720. The van der Waals surface area contributed by atoms with E-state index in [1.807, 2.05) is 19.1 Å². The molecule has 0 saturated carbocycles. The Morgan fingerprint density at radius 2 is 2.12 bits per heavy atom. The predicted molar refractivity (Wildman–Crippen MR) is 64.0 cm³/mol. The standard InChI is InChI=1S/C11H14N4O/c1-6-3-7(5-12)9-8(4-6)10(16)15(2)11(13)14-9/h3-4H,5,12H2,1-2H3,(H2,13,14). The molecule has 0 aliphatic carbocycles. The van der Waals surface area contributed by atoms with Crippen molar-refractivity contribution in [3.05, 3.63) is 33.6 Å². The second kappa shape index (κ2) is 3.61. The topological polar surface area (TPSA) is 86.9 Å². The molecule has 0 radical (unpaired) electrons. The zero-order chi connectivity index (χ0) is 11.9. The molecule has 0 saturated heterocycles. The van der Waals surface area contributed by atoms with Crippen molar-refractivity contribution in [1.29, 1.82) is 0 Å². The van der Waals surface area contributed by atoms with Gasteiger partial charge in [0.15, 0.2) is 0 Å². The molecule has 0 bridgehead atoms. The van der Waals surface area contributed by atoms with E-state index in [1.54, 1.807) is 7.05 Å². The van der Waals surface area contributed by atoms with Crippen LogP contribution in [-0.4, -0.2) is 9.55 Å². The molecule has 2 aromatic rings. The highest BCUT2D eigenvalue weighted by molar-refractivity contribution is 5.82. The maximum absolute atomic E-state index is 12.0. The zero-order valence-electron chi connectivity index (χ0n) is 9.32. The number of aromatic nitrogens is 2. The summed E-state index contributed by atoms with van der Waals surface area (Å²) in [6, 6.07) is 3.73. The van der Waals surface area contributed by atoms with Crippen molar-refractivity contribution in [1.82, 2.24) is 9.55 Å². The van der Waals surface area contributed by atoms with Gasteiger partial charge in [-0.2, -0.15) is 0 Å². The Morgan fingerprint density at radius 3 is 2.75 bits per heavy atom. The first-order valence-corrected chi connectivity index (χ1v) is 5.00. The summed E-state index contributed by atoms with van der Waals surface area (Å²) in [5.74, 6) is 0.205. The van der Waals surface area contributed by atoms with Crippen molar-refractivity contribution in [3.8, 4) is 0 Å². The Morgan fingerprint density at radius 1 is 1.44 bits per heavy atom. The van der Waals surface area contributed by atoms with E-state index in [-0.39, 0.29) is 11.5 Å². The number of rotatable bonds is 1. The van der Waals surface area contributed by atoms with Crippen LogP contribution in [-0.2, 0) is 13.6 Å². The number of hydrogen-bond donors (Lipinski definition) is 2. The molecule has 2 rings (SSSR count). The molecule has 0 fully saturated rings. The molecule has 0 amide bonds. The van der Waals surface area contributed by atoms with E-state index in [0.717, 1.165) is 11.1 Å². The molecular formula is C11H14N4O. The van der Waals surface area contributed by atoms with Crippen molar-refractivity contribution >= 4 is 16.9 Å². The first-order chi connectivity index (χ1) is 7.54. The summed E-state index contributed by atoms with van der Waals surface area (Å²) in [5.41, 5.74) is 13.6. The summed E-state index contributed by atoms with van der Waals surface area (Å²) >= 11 is 0. The summed E-state index contributed by atoms with van der Waals surface area (Å²) in [4.78, 5) is 16.2. The van der Waals surface area contributed by atoms with E-state index in [2.05, 4.69) is 4.98 Å². The van der Waals surface area contributed by atoms with Crippen LogP contribution in [0.2, 0.25) is 0 Å². The second-order valence-corrected chi connectivity index (χ2v) is 3.86. The van der Waals surface area contributed by atoms with Crippen LogP contribution in [0, 0.1) is 6.92 Å². The average Bonchev–Trinajstić information content (AvgIpc) is 2.26. The lowest BCUT2D eigenvalue weighted by Crippen LogP contribution is -2.22. The van der Waals surface area contributed by atoms with Crippen molar-refractivity contribution in [2.45, 2.75) is 13.5 Å². The molecule has 4 N–H and O–H groups in total. The van der Waals surface area contributed by atoms with Crippen LogP contribution in [0.1, 0.15) is 11.1 Å². The van der Waals surface area contributed by atoms with E-state index in [4.69, 9.17) is 11.5 Å². The molecule has 1 heterocycles. The van der Waals surface area contributed by atoms with Gasteiger partial charge < -0.3 is 11.5 Å². The molecule has 0 aliphatic rings. The Balaban J connectivity index is 3.01. The van der Waals surface area contributed by atoms with E-state index >= 15 is 0 Å². The smallest absolute Gasteiger partial charge is 0.262 e. The van der Waals surface area contributed by atoms with Crippen molar-refractivity contribution < 1.29 is 0 Å². The van der Waals surface area contributed by atoms with Crippen molar-refractivity contribution in [3.63, 3.8) is 0 Å². The fraction of sp³-hybridized carbons (Fsp3) is 0.273. The van der Waals surface area contributed by atoms with E-state index in [9.17, 15) is 4.79 Å². The van der Waals surface area contributed by atoms with E-state index in [0.29, 0.717) is 17.4 Å². The first-order valence-electron chi connectivity index (χ1n) is 5.00. The Bertz CT molecular complexity index is 615. The van der Waals surface area contributed by atoms with Gasteiger partial charge in [-0.1, -0.05) is 6.07 Å². The number of nitrogen functional groups attached to an aromatic ring is 1. The summed E-state index contributed by atoms with van der Waals surface area (Å²) < 4.78 is 1.34. The highest BCUT2D eigenvalue weighted by atomic mass is 16.1. The third kappa shape index (κ3) is 1.45. The van der Waals surface area contributed by atoms with Crippen molar-refractivity contribution in [2.75, 3.05) is 5.73 Å². The van der Waals surface area contributed by atoms with Crippen LogP contribution < -0.4 is 17.0 Å². The summed E-state index contributed by atoms with van der Waals surface area (Å²) in [5, 5.41) is 0.567. The fourth-order valence-corrected chi connectivity index (χ4v) is 1.78. The summed E-state index contributed by atoms with van der Waals surface area (Å²) in [7, 11) is 1.61. The maximum Gasteiger partial charge on any atom is 0.262 e. The first kappa shape index (κ1) is 10.6. The van der Waals surface area contributed by atoms with Gasteiger partial charge in [-0.3, -0.25) is 9.36 Å². The number of aryl methyl sites for hydroxylation is 1. The molecular weight excluding hydrogens is 204 g/mol. The number of fused-ring (bicyclic) bond motifs is 1. The molecule has 0 aliphatic heterocycles. The van der Waals surface area contributed by atoms with Gasteiger partial charge in [0.25, 0.3) is 5.56 Å². The van der Waals surface area contributed by atoms with Gasteiger partial charge in [0, 0.05) is 13.6 Å². The maximum atomic E-state index is 12.0. The van der Waals surface area contributed by atoms with Gasteiger partial charge in [0.2, 0.25) is 5.95 Å². The van der Waals surface area contributed by atoms with Crippen LogP contribution in [0.3, 0.4) is 0 Å². The van der Waals surface area contributed by atoms with Crippen LogP contribution in [0.5, 0.6) is 0 Å². The largest absolute Gasteiger partial charge is 0.369 e. The van der Waals surface area contributed by atoms with Gasteiger partial charge in [-0.15, -0.1) is 0 Å². The summed E-state index contributed by atoms with van der Waals surface area (Å²) in [6.45, 7) is 2.27. The lowest BCUT2D eigenvalue weighted by Gasteiger charge is -2.08. The Hall–Kier alpha value is -1.88. The zero-order valence-corrected chi connectivity index (χ0v) is 9.32. The lowest BCUT2D eigenvalue weighted by molar-refractivity contribution is 0.859. The number of nitrogens with zero attached hydrogens (tertiary/aromatic N) is 2. The van der Waals surface area contributed by atoms with Crippen LogP contribution in [0.15, 0.2) is 16.9 Å². The third-order valence-electron chi connectivity index (χ3n) is 2.66. The average molecular weight is 218 g/mol. The fourth-order valence-electron chi connectivity index (χ4n) is 1.78. The van der Waals surface area contributed by atoms with Gasteiger partial charge in [-0.25, -0.2) is 4.98 Å². The molecule has 5 heteroatoms. The minimum atomic E-state index is -0.138. The molecule has 84 valence electrons. The molecule has 0 atom stereocenters. The molecule has 1 aromatic heterocycles. The molecule has 16 heavy (non-hydrogen) atoms. The highest BCUT2D eigenvalue weighted by Gasteiger charge is 2.09. The highest BCUT2D eigenvalue weighted by Crippen LogP contribution is 2.16. The predicted octanol–water partition coefficient (Wildman–Crippen LogP) is 0.283. The molecule has 0 unspecified atom stereocenters. The minimum Gasteiger partial charge on any atom is -0.369 e. The summed E-state index contributed by atoms with van der Waals surface area (Å²) in [6.07, 6.45) is 0. The molecule has 0 spiro atoms. The van der Waals surface area contributed by atoms with E-state index < -0.39 is 0 Å². The monoisotopic (exact) mass is 218 g/mol. The lowest BCUT2D eigenvalue weighted by atomic mass is 10.1. The Labute approximate surface area is 92.7 Å². The van der Waals surface area contributed by atoms with Gasteiger partial charge in [0.1, 0.15) is 0 Å². The molecule has 5 nitrogen and oxygen atoms in total. The molecule has 1 aromatic carbocycles. The van der Waals surface area contributed by atoms with E-state index in [1.165, 1.54) is 4.57 Å². The SMILES string of the molecule is Cc1cc(CN)c2nc(N)n(C)c(=O)c2c1. The number of benzene rings is 1. The van der Waals surface area contributed by atoms with Crippen LogP contribution >= 0.6 is 0 Å². The van der Waals surface area contributed by atoms with Crippen molar-refractivity contribution in [2.24, 2.45) is 12.8 Å². The number of anilines is 1. The minimum absolute atomic E-state index is 0.138. The Kier molecular flexibility index (Phi) is 2.40. The number of hydrogen-bond acceptors (Lipinski definition) is 4. The van der Waals surface area contributed by atoms with Crippen LogP contribution in [0.4, 0.5) is 5.95 Å². The van der Waals surface area contributed by atoms with Gasteiger partial charge in [0.05, 0.1) is 10.9 Å². The van der Waals surface area contributed by atoms with Gasteiger partial charge in [-0.05, 0) is 24.1 Å².